The van der Waals surface area contributed by atoms with Crippen LogP contribution in [0.25, 0.3) is 0 Å². The molecule has 110 valence electrons. The normalized spacial score (nSPS) is 11.2. The lowest BCUT2D eigenvalue weighted by atomic mass is 10.2. The van der Waals surface area contributed by atoms with E-state index in [-0.39, 0.29) is 11.4 Å². The third kappa shape index (κ3) is 3.82. The Morgan fingerprint density at radius 3 is 2.57 bits per heavy atom. The number of halogens is 4. The topological polar surface area (TPSA) is 65.3 Å². The van der Waals surface area contributed by atoms with Crippen LogP contribution in [0.3, 0.4) is 0 Å². The first-order valence-corrected chi connectivity index (χ1v) is 5.80. The summed E-state index contributed by atoms with van der Waals surface area (Å²) in [7, 11) is 0. The zero-order valence-corrected chi connectivity index (χ0v) is 10.9. The van der Waals surface area contributed by atoms with E-state index in [1.54, 1.807) is 0 Å². The van der Waals surface area contributed by atoms with Gasteiger partial charge in [-0.05, 0) is 12.1 Å². The van der Waals surface area contributed by atoms with Gasteiger partial charge >= 0.3 is 6.18 Å². The Balaban J connectivity index is 2.33. The van der Waals surface area contributed by atoms with Gasteiger partial charge < -0.3 is 4.74 Å². The fourth-order valence-corrected chi connectivity index (χ4v) is 1.67. The van der Waals surface area contributed by atoms with Crippen LogP contribution in [-0.4, -0.2) is 9.91 Å². The Kier molecular flexibility index (Phi) is 3.99. The van der Waals surface area contributed by atoms with E-state index >= 15 is 0 Å². The SMILES string of the molecule is O=[N+]([O-])c1cccc(Oc2cc(C(F)(F)F)cc(Cl)n2)c1. The molecular formula is C12H6ClF3N2O3. The van der Waals surface area contributed by atoms with Crippen LogP contribution >= 0.6 is 11.6 Å². The van der Waals surface area contributed by atoms with E-state index in [0.717, 1.165) is 6.07 Å². The highest BCUT2D eigenvalue weighted by atomic mass is 35.5. The van der Waals surface area contributed by atoms with E-state index in [0.29, 0.717) is 12.1 Å². The average molecular weight is 319 g/mol. The Labute approximate surface area is 121 Å². The van der Waals surface area contributed by atoms with E-state index in [2.05, 4.69) is 4.98 Å². The number of aromatic nitrogens is 1. The highest BCUT2D eigenvalue weighted by molar-refractivity contribution is 6.29. The third-order valence-electron chi connectivity index (χ3n) is 2.35. The molecule has 1 aromatic carbocycles. The quantitative estimate of drug-likeness (QED) is 0.476. The van der Waals surface area contributed by atoms with Crippen molar-refractivity contribution < 1.29 is 22.8 Å². The number of non-ortho nitro benzene ring substituents is 1. The van der Waals surface area contributed by atoms with Crippen molar-refractivity contribution in [3.05, 3.63) is 57.2 Å². The Hall–Kier alpha value is -2.35. The average Bonchev–Trinajstić information content (AvgIpc) is 2.37. The molecule has 0 bridgehead atoms. The summed E-state index contributed by atoms with van der Waals surface area (Å²) in [5, 5.41) is 10.2. The van der Waals surface area contributed by atoms with Gasteiger partial charge in [-0.3, -0.25) is 10.1 Å². The highest BCUT2D eigenvalue weighted by Crippen LogP contribution is 2.34. The molecule has 0 saturated heterocycles. The summed E-state index contributed by atoms with van der Waals surface area (Å²) < 4.78 is 43.0. The summed E-state index contributed by atoms with van der Waals surface area (Å²) in [6.07, 6.45) is -4.60. The number of nitro benzene ring substituents is 1. The first-order chi connectivity index (χ1) is 9.75. The summed E-state index contributed by atoms with van der Waals surface area (Å²) in [4.78, 5) is 13.5. The summed E-state index contributed by atoms with van der Waals surface area (Å²) in [5.74, 6) is -0.428. The molecule has 1 aromatic heterocycles. The molecule has 21 heavy (non-hydrogen) atoms. The molecule has 0 unspecified atom stereocenters. The van der Waals surface area contributed by atoms with Crippen LogP contribution in [0, 0.1) is 10.1 Å². The maximum atomic E-state index is 12.6. The van der Waals surface area contributed by atoms with Crippen LogP contribution in [0.15, 0.2) is 36.4 Å². The number of alkyl halides is 3. The molecule has 0 aliphatic carbocycles. The molecule has 0 spiro atoms. The molecule has 0 amide bonds. The molecular weight excluding hydrogens is 313 g/mol. The lowest BCUT2D eigenvalue weighted by molar-refractivity contribution is -0.384. The van der Waals surface area contributed by atoms with E-state index in [1.807, 2.05) is 0 Å². The third-order valence-corrected chi connectivity index (χ3v) is 2.54. The smallest absolute Gasteiger partial charge is 0.416 e. The van der Waals surface area contributed by atoms with Gasteiger partial charge in [0.15, 0.2) is 0 Å². The van der Waals surface area contributed by atoms with E-state index in [9.17, 15) is 23.3 Å². The minimum atomic E-state index is -4.60. The first kappa shape index (κ1) is 15.0. The number of ether oxygens (including phenoxy) is 1. The van der Waals surface area contributed by atoms with Gasteiger partial charge in [-0.15, -0.1) is 0 Å². The van der Waals surface area contributed by atoms with E-state index in [1.165, 1.54) is 18.2 Å². The number of nitro groups is 1. The molecule has 0 aliphatic heterocycles. The lowest BCUT2D eigenvalue weighted by Crippen LogP contribution is -2.05. The first-order valence-electron chi connectivity index (χ1n) is 5.43. The standard InChI is InChI=1S/C12H6ClF3N2O3/c13-10-4-7(12(14,15)16)5-11(17-10)21-9-3-1-2-8(6-9)18(19)20/h1-6H. The number of nitrogens with zero attached hydrogens (tertiary/aromatic N) is 2. The maximum absolute atomic E-state index is 12.6. The molecule has 0 fully saturated rings. The fraction of sp³-hybridized carbons (Fsp3) is 0.0833. The molecule has 0 radical (unpaired) electrons. The Morgan fingerprint density at radius 2 is 1.95 bits per heavy atom. The molecule has 2 aromatic rings. The maximum Gasteiger partial charge on any atom is 0.416 e. The second-order valence-electron chi connectivity index (χ2n) is 3.87. The monoisotopic (exact) mass is 318 g/mol. The zero-order chi connectivity index (χ0) is 15.6. The van der Waals surface area contributed by atoms with Crippen molar-refractivity contribution in [2.75, 3.05) is 0 Å². The second-order valence-corrected chi connectivity index (χ2v) is 4.26. The van der Waals surface area contributed by atoms with Gasteiger partial charge in [-0.2, -0.15) is 13.2 Å². The largest absolute Gasteiger partial charge is 0.439 e. The zero-order valence-electron chi connectivity index (χ0n) is 10.1. The van der Waals surface area contributed by atoms with Gasteiger partial charge in [0, 0.05) is 12.1 Å². The number of hydrogen-bond acceptors (Lipinski definition) is 4. The van der Waals surface area contributed by atoms with Crippen LogP contribution in [-0.2, 0) is 6.18 Å². The minimum absolute atomic E-state index is 0.0212. The van der Waals surface area contributed by atoms with Crippen molar-refractivity contribution in [2.45, 2.75) is 6.18 Å². The number of benzene rings is 1. The summed E-state index contributed by atoms with van der Waals surface area (Å²) in [5.41, 5.74) is -1.28. The van der Waals surface area contributed by atoms with Crippen molar-refractivity contribution in [3.8, 4) is 11.6 Å². The van der Waals surface area contributed by atoms with E-state index in [4.69, 9.17) is 16.3 Å². The second kappa shape index (κ2) is 5.57. The molecule has 0 saturated carbocycles. The molecule has 2 rings (SSSR count). The van der Waals surface area contributed by atoms with Crippen molar-refractivity contribution in [1.29, 1.82) is 0 Å². The summed E-state index contributed by atoms with van der Waals surface area (Å²) in [6.45, 7) is 0. The van der Waals surface area contributed by atoms with Gasteiger partial charge in [0.2, 0.25) is 5.88 Å². The number of hydrogen-bond donors (Lipinski definition) is 0. The van der Waals surface area contributed by atoms with Gasteiger partial charge in [0.1, 0.15) is 10.9 Å². The van der Waals surface area contributed by atoms with Crippen molar-refractivity contribution in [2.24, 2.45) is 0 Å². The van der Waals surface area contributed by atoms with Crippen LogP contribution < -0.4 is 4.74 Å². The molecule has 0 N–H and O–H groups in total. The predicted octanol–water partition coefficient (Wildman–Crippen LogP) is 4.45. The van der Waals surface area contributed by atoms with Gasteiger partial charge in [0.05, 0.1) is 16.6 Å². The molecule has 0 atom stereocenters. The molecule has 1 heterocycles. The summed E-state index contributed by atoms with van der Waals surface area (Å²) in [6, 6.07) is 6.29. The van der Waals surface area contributed by atoms with Crippen LogP contribution in [0.5, 0.6) is 11.6 Å². The van der Waals surface area contributed by atoms with Crippen molar-refractivity contribution >= 4 is 17.3 Å². The Morgan fingerprint density at radius 1 is 1.24 bits per heavy atom. The van der Waals surface area contributed by atoms with Crippen LogP contribution in [0.1, 0.15) is 5.56 Å². The Bertz CT molecular complexity index is 692. The van der Waals surface area contributed by atoms with Gasteiger partial charge in [-0.25, -0.2) is 4.98 Å². The van der Waals surface area contributed by atoms with Crippen molar-refractivity contribution in [3.63, 3.8) is 0 Å². The minimum Gasteiger partial charge on any atom is -0.439 e. The van der Waals surface area contributed by atoms with Crippen molar-refractivity contribution in [1.82, 2.24) is 4.98 Å². The predicted molar refractivity (Wildman–Crippen MR) is 67.4 cm³/mol. The summed E-state index contributed by atoms with van der Waals surface area (Å²) >= 11 is 5.50. The van der Waals surface area contributed by atoms with Gasteiger partial charge in [0.25, 0.3) is 5.69 Å². The fourth-order valence-electron chi connectivity index (χ4n) is 1.47. The van der Waals surface area contributed by atoms with E-state index < -0.39 is 27.7 Å². The van der Waals surface area contributed by atoms with Crippen LogP contribution in [0.4, 0.5) is 18.9 Å². The number of rotatable bonds is 3. The van der Waals surface area contributed by atoms with Gasteiger partial charge in [-0.1, -0.05) is 17.7 Å². The number of pyridine rings is 1. The lowest BCUT2D eigenvalue weighted by Gasteiger charge is -2.10. The van der Waals surface area contributed by atoms with Crippen LogP contribution in [0.2, 0.25) is 5.15 Å². The highest BCUT2D eigenvalue weighted by Gasteiger charge is 2.31. The molecule has 5 nitrogen and oxygen atoms in total. The molecule has 9 heteroatoms. The molecule has 0 aliphatic rings.